The van der Waals surface area contributed by atoms with E-state index in [1.807, 2.05) is 4.90 Å². The first kappa shape index (κ1) is 11.7. The van der Waals surface area contributed by atoms with Gasteiger partial charge in [-0.3, -0.25) is 4.79 Å². The molecule has 16 heavy (non-hydrogen) atoms. The van der Waals surface area contributed by atoms with Crippen LogP contribution >= 0.6 is 23.2 Å². The van der Waals surface area contributed by atoms with Crippen molar-refractivity contribution in [1.29, 1.82) is 0 Å². The van der Waals surface area contributed by atoms with E-state index in [0.29, 0.717) is 17.1 Å². The summed E-state index contributed by atoms with van der Waals surface area (Å²) < 4.78 is 0. The van der Waals surface area contributed by atoms with E-state index in [0.717, 1.165) is 19.4 Å². The van der Waals surface area contributed by atoms with Gasteiger partial charge in [0.05, 0.1) is 5.38 Å². The van der Waals surface area contributed by atoms with Crippen LogP contribution in [-0.4, -0.2) is 29.3 Å². The molecule has 1 heterocycles. The highest BCUT2D eigenvalue weighted by Crippen LogP contribution is 2.18. The van der Waals surface area contributed by atoms with Crippen molar-refractivity contribution >= 4 is 29.1 Å². The van der Waals surface area contributed by atoms with E-state index in [9.17, 15) is 4.79 Å². The third-order valence-corrected chi connectivity index (χ3v) is 3.35. The van der Waals surface area contributed by atoms with Gasteiger partial charge in [-0.1, -0.05) is 11.6 Å². The zero-order valence-electron chi connectivity index (χ0n) is 8.83. The predicted octanol–water partition coefficient (Wildman–Crippen LogP) is 3.18. The molecule has 2 rings (SSSR count). The van der Waals surface area contributed by atoms with Gasteiger partial charge in [0.25, 0.3) is 5.91 Å². The molecule has 0 spiro atoms. The average Bonchev–Trinajstić information content (AvgIpc) is 2.29. The minimum absolute atomic E-state index is 0.0435. The lowest BCUT2D eigenvalue weighted by Crippen LogP contribution is -2.40. The van der Waals surface area contributed by atoms with Gasteiger partial charge in [0, 0.05) is 23.7 Å². The van der Waals surface area contributed by atoms with Crippen molar-refractivity contribution in [2.24, 2.45) is 0 Å². The summed E-state index contributed by atoms with van der Waals surface area (Å²) in [5, 5.41) is 0.732. The summed E-state index contributed by atoms with van der Waals surface area (Å²) in [5.41, 5.74) is 0.676. The lowest BCUT2D eigenvalue weighted by Gasteiger charge is -2.29. The third kappa shape index (κ3) is 2.69. The molecule has 1 atom stereocenters. The Kier molecular flexibility index (Phi) is 3.72. The standard InChI is InChI=1S/C12H13Cl2NO/c13-10-5-3-9(4-6-10)12(16)15-7-1-2-11(14)8-15/h3-6,11H,1-2,7-8H2. The molecule has 1 amide bonds. The molecule has 1 aromatic carbocycles. The van der Waals surface area contributed by atoms with Gasteiger partial charge >= 0.3 is 0 Å². The minimum atomic E-state index is 0.0435. The van der Waals surface area contributed by atoms with Gasteiger partial charge in [-0.15, -0.1) is 11.6 Å². The molecule has 1 saturated heterocycles. The van der Waals surface area contributed by atoms with Gasteiger partial charge in [-0.25, -0.2) is 0 Å². The molecule has 0 radical (unpaired) electrons. The van der Waals surface area contributed by atoms with E-state index in [1.54, 1.807) is 24.3 Å². The lowest BCUT2D eigenvalue weighted by atomic mass is 10.1. The van der Waals surface area contributed by atoms with Gasteiger partial charge < -0.3 is 4.90 Å². The molecule has 2 nitrogen and oxygen atoms in total. The molecule has 1 aliphatic rings. The fraction of sp³-hybridized carbons (Fsp3) is 0.417. The first-order valence-corrected chi connectivity index (χ1v) is 6.17. The first-order valence-electron chi connectivity index (χ1n) is 5.36. The quantitative estimate of drug-likeness (QED) is 0.708. The SMILES string of the molecule is O=C(c1ccc(Cl)cc1)N1CCCC(Cl)C1. The second-order valence-corrected chi connectivity index (χ2v) is 5.05. The normalized spacial score (nSPS) is 20.9. The van der Waals surface area contributed by atoms with Crippen LogP contribution in [-0.2, 0) is 0 Å². The zero-order chi connectivity index (χ0) is 11.5. The summed E-state index contributed by atoms with van der Waals surface area (Å²) in [7, 11) is 0. The first-order chi connectivity index (χ1) is 7.66. The largest absolute Gasteiger partial charge is 0.337 e. The molecule has 1 fully saturated rings. The maximum atomic E-state index is 12.1. The lowest BCUT2D eigenvalue weighted by molar-refractivity contribution is 0.0727. The Balaban J connectivity index is 2.09. The Labute approximate surface area is 105 Å². The molecule has 0 aromatic heterocycles. The van der Waals surface area contributed by atoms with Gasteiger partial charge in [-0.05, 0) is 37.1 Å². The molecule has 1 aromatic rings. The van der Waals surface area contributed by atoms with E-state index in [1.165, 1.54) is 0 Å². The van der Waals surface area contributed by atoms with Gasteiger partial charge in [-0.2, -0.15) is 0 Å². The summed E-state index contributed by atoms with van der Waals surface area (Å²) in [4.78, 5) is 13.9. The summed E-state index contributed by atoms with van der Waals surface area (Å²) in [6, 6.07) is 6.97. The maximum absolute atomic E-state index is 12.1. The number of halogens is 2. The summed E-state index contributed by atoms with van der Waals surface area (Å²) in [6.07, 6.45) is 1.97. The summed E-state index contributed by atoms with van der Waals surface area (Å²) in [5.74, 6) is 0.0435. The van der Waals surface area contributed by atoms with Crippen molar-refractivity contribution in [2.45, 2.75) is 18.2 Å². The fourth-order valence-electron chi connectivity index (χ4n) is 1.88. The second-order valence-electron chi connectivity index (χ2n) is 4.00. The Bertz CT molecular complexity index is 377. The number of rotatable bonds is 1. The Morgan fingerprint density at radius 1 is 1.31 bits per heavy atom. The number of carbonyl (C=O) groups excluding carboxylic acids is 1. The number of nitrogens with zero attached hydrogens (tertiary/aromatic N) is 1. The van der Waals surface area contributed by atoms with Crippen LogP contribution < -0.4 is 0 Å². The molecule has 1 aliphatic heterocycles. The number of likely N-dealkylation sites (tertiary alicyclic amines) is 1. The van der Waals surface area contributed by atoms with Gasteiger partial charge in [0.15, 0.2) is 0 Å². The maximum Gasteiger partial charge on any atom is 0.253 e. The Morgan fingerprint density at radius 3 is 2.62 bits per heavy atom. The molecule has 0 saturated carbocycles. The van der Waals surface area contributed by atoms with E-state index < -0.39 is 0 Å². The number of hydrogen-bond donors (Lipinski definition) is 0. The van der Waals surface area contributed by atoms with Crippen LogP contribution in [0.2, 0.25) is 5.02 Å². The highest BCUT2D eigenvalue weighted by molar-refractivity contribution is 6.30. The Morgan fingerprint density at radius 2 is 2.00 bits per heavy atom. The van der Waals surface area contributed by atoms with E-state index in [-0.39, 0.29) is 11.3 Å². The molecule has 4 heteroatoms. The predicted molar refractivity (Wildman–Crippen MR) is 66.2 cm³/mol. The number of alkyl halides is 1. The molecule has 1 unspecified atom stereocenters. The number of benzene rings is 1. The molecule has 0 aliphatic carbocycles. The Hall–Kier alpha value is -0.730. The minimum Gasteiger partial charge on any atom is -0.337 e. The zero-order valence-corrected chi connectivity index (χ0v) is 10.3. The van der Waals surface area contributed by atoms with Crippen molar-refractivity contribution in [2.75, 3.05) is 13.1 Å². The highest BCUT2D eigenvalue weighted by atomic mass is 35.5. The third-order valence-electron chi connectivity index (χ3n) is 2.74. The highest BCUT2D eigenvalue weighted by Gasteiger charge is 2.22. The van der Waals surface area contributed by atoms with Gasteiger partial charge in [0.2, 0.25) is 0 Å². The van der Waals surface area contributed by atoms with Crippen LogP contribution in [0.15, 0.2) is 24.3 Å². The van der Waals surface area contributed by atoms with E-state index in [2.05, 4.69) is 0 Å². The smallest absolute Gasteiger partial charge is 0.253 e. The van der Waals surface area contributed by atoms with Crippen molar-refractivity contribution in [3.8, 4) is 0 Å². The van der Waals surface area contributed by atoms with Crippen molar-refractivity contribution in [1.82, 2.24) is 4.90 Å². The fourth-order valence-corrected chi connectivity index (χ4v) is 2.33. The summed E-state index contributed by atoms with van der Waals surface area (Å²) in [6.45, 7) is 1.44. The van der Waals surface area contributed by atoms with E-state index >= 15 is 0 Å². The molecule has 0 bridgehead atoms. The van der Waals surface area contributed by atoms with Crippen LogP contribution in [0.25, 0.3) is 0 Å². The van der Waals surface area contributed by atoms with E-state index in [4.69, 9.17) is 23.2 Å². The van der Waals surface area contributed by atoms with Crippen LogP contribution in [0.5, 0.6) is 0 Å². The molecule has 86 valence electrons. The molecule has 0 N–H and O–H groups in total. The van der Waals surface area contributed by atoms with Crippen molar-refractivity contribution < 1.29 is 4.79 Å². The van der Waals surface area contributed by atoms with Crippen LogP contribution in [0.4, 0.5) is 0 Å². The molecular weight excluding hydrogens is 245 g/mol. The van der Waals surface area contributed by atoms with Crippen molar-refractivity contribution in [3.05, 3.63) is 34.9 Å². The average molecular weight is 258 g/mol. The number of amides is 1. The number of piperidine rings is 1. The summed E-state index contributed by atoms with van der Waals surface area (Å²) >= 11 is 11.8. The van der Waals surface area contributed by atoms with Crippen LogP contribution in [0, 0.1) is 0 Å². The van der Waals surface area contributed by atoms with Crippen LogP contribution in [0.3, 0.4) is 0 Å². The number of hydrogen-bond acceptors (Lipinski definition) is 1. The molecular formula is C12H13Cl2NO. The monoisotopic (exact) mass is 257 g/mol. The van der Waals surface area contributed by atoms with Gasteiger partial charge in [0.1, 0.15) is 0 Å². The second kappa shape index (κ2) is 5.07. The van der Waals surface area contributed by atoms with Crippen LogP contribution in [0.1, 0.15) is 23.2 Å². The number of carbonyl (C=O) groups is 1. The van der Waals surface area contributed by atoms with Crippen molar-refractivity contribution in [3.63, 3.8) is 0 Å². The topological polar surface area (TPSA) is 20.3 Å².